The number of fused-ring (bicyclic) bond motifs is 3. The number of carbonyl (C=O) groups excluding carboxylic acids is 1. The van der Waals surface area contributed by atoms with E-state index in [9.17, 15) is 13.2 Å². The van der Waals surface area contributed by atoms with Crippen molar-refractivity contribution in [1.82, 2.24) is 9.21 Å². The number of hydrogen-bond acceptors (Lipinski definition) is 3. The monoisotopic (exact) mass is 322 g/mol. The van der Waals surface area contributed by atoms with Crippen molar-refractivity contribution in [1.29, 1.82) is 0 Å². The Balaban J connectivity index is 1.88. The van der Waals surface area contributed by atoms with Crippen molar-refractivity contribution in [3.8, 4) is 0 Å². The molecule has 2 aliphatic heterocycles. The van der Waals surface area contributed by atoms with E-state index in [1.807, 2.05) is 30.0 Å². The van der Waals surface area contributed by atoms with Crippen LogP contribution < -0.4 is 0 Å². The third-order valence-electron chi connectivity index (χ3n) is 4.57. The molecule has 120 valence electrons. The van der Waals surface area contributed by atoms with E-state index in [1.165, 1.54) is 9.87 Å². The lowest BCUT2D eigenvalue weighted by Crippen LogP contribution is -2.55. The highest BCUT2D eigenvalue weighted by atomic mass is 32.2. The third kappa shape index (κ3) is 2.77. The van der Waals surface area contributed by atoms with Crippen LogP contribution in [0.1, 0.15) is 36.9 Å². The molecule has 1 aromatic carbocycles. The average molecular weight is 322 g/mol. The van der Waals surface area contributed by atoms with Crippen LogP contribution in [0.25, 0.3) is 0 Å². The molecule has 1 amide bonds. The van der Waals surface area contributed by atoms with Crippen molar-refractivity contribution in [2.24, 2.45) is 0 Å². The first-order valence-corrected chi connectivity index (χ1v) is 9.49. The van der Waals surface area contributed by atoms with Crippen molar-refractivity contribution in [3.05, 3.63) is 35.4 Å². The summed E-state index contributed by atoms with van der Waals surface area (Å²) in [6, 6.07) is 7.90. The zero-order valence-electron chi connectivity index (χ0n) is 12.9. The maximum atomic E-state index is 12.4. The number of unbranched alkanes of at least 4 members (excludes halogenated alkanes) is 1. The minimum atomic E-state index is -3.35. The number of benzene rings is 1. The molecule has 0 unspecified atom stereocenters. The van der Waals surface area contributed by atoms with Gasteiger partial charge in [-0.2, -0.15) is 4.31 Å². The summed E-state index contributed by atoms with van der Waals surface area (Å²) in [5.41, 5.74) is 2.32. The summed E-state index contributed by atoms with van der Waals surface area (Å²) in [6.45, 7) is 3.03. The lowest BCUT2D eigenvalue weighted by atomic mass is 9.91. The summed E-state index contributed by atoms with van der Waals surface area (Å²) in [6.07, 6.45) is 2.32. The smallest absolute Gasteiger partial charge is 0.238 e. The van der Waals surface area contributed by atoms with Crippen molar-refractivity contribution in [3.63, 3.8) is 0 Å². The van der Waals surface area contributed by atoms with Crippen LogP contribution in [-0.4, -0.2) is 48.9 Å². The molecule has 2 heterocycles. The van der Waals surface area contributed by atoms with E-state index < -0.39 is 10.0 Å². The second kappa shape index (κ2) is 6.01. The quantitative estimate of drug-likeness (QED) is 0.845. The van der Waals surface area contributed by atoms with Crippen LogP contribution in [0.3, 0.4) is 0 Å². The zero-order valence-corrected chi connectivity index (χ0v) is 13.7. The number of amides is 1. The largest absolute Gasteiger partial charge is 0.333 e. The molecule has 1 aromatic rings. The molecule has 1 atom stereocenters. The minimum Gasteiger partial charge on any atom is -0.333 e. The van der Waals surface area contributed by atoms with Crippen LogP contribution in [0.5, 0.6) is 0 Å². The molecule has 0 aliphatic carbocycles. The molecule has 0 aromatic heterocycles. The Kier molecular flexibility index (Phi) is 4.23. The zero-order chi connectivity index (χ0) is 15.7. The summed E-state index contributed by atoms with van der Waals surface area (Å²) in [5.74, 6) is 0.0522. The molecule has 1 saturated heterocycles. The normalized spacial score (nSPS) is 22.3. The molecule has 0 bridgehead atoms. The van der Waals surface area contributed by atoms with E-state index in [4.69, 9.17) is 0 Å². The maximum absolute atomic E-state index is 12.4. The molecule has 0 saturated carbocycles. The number of piperazine rings is 1. The molecule has 0 spiro atoms. The highest BCUT2D eigenvalue weighted by Crippen LogP contribution is 2.33. The Morgan fingerprint density at radius 2 is 2.05 bits per heavy atom. The fourth-order valence-corrected chi connectivity index (χ4v) is 4.90. The van der Waals surface area contributed by atoms with Crippen LogP contribution >= 0.6 is 0 Å². The Hall–Kier alpha value is -1.40. The molecule has 5 nitrogen and oxygen atoms in total. The summed E-state index contributed by atoms with van der Waals surface area (Å²) in [4.78, 5) is 14.2. The number of rotatable bonds is 4. The lowest BCUT2D eigenvalue weighted by molar-refractivity contribution is -0.138. The van der Waals surface area contributed by atoms with Crippen LogP contribution in [0.15, 0.2) is 24.3 Å². The molecule has 6 heteroatoms. The summed E-state index contributed by atoms with van der Waals surface area (Å²) in [7, 11) is -3.35. The van der Waals surface area contributed by atoms with Crippen LogP contribution in [-0.2, 0) is 21.2 Å². The highest BCUT2D eigenvalue weighted by molar-refractivity contribution is 7.89. The van der Waals surface area contributed by atoms with Gasteiger partial charge in [0.05, 0.1) is 18.3 Å². The van der Waals surface area contributed by atoms with Crippen molar-refractivity contribution in [2.75, 3.05) is 25.4 Å². The van der Waals surface area contributed by atoms with Crippen LogP contribution in [0.2, 0.25) is 0 Å². The first-order chi connectivity index (χ1) is 10.5. The first-order valence-electron chi connectivity index (χ1n) is 7.88. The number of carbonyl (C=O) groups is 1. The average Bonchev–Trinajstić information content (AvgIpc) is 2.52. The van der Waals surface area contributed by atoms with Gasteiger partial charge in [-0.1, -0.05) is 37.6 Å². The molecular weight excluding hydrogens is 300 g/mol. The van der Waals surface area contributed by atoms with E-state index in [1.54, 1.807) is 0 Å². The number of hydrogen-bond donors (Lipinski definition) is 0. The predicted molar refractivity (Wildman–Crippen MR) is 84.9 cm³/mol. The predicted octanol–water partition coefficient (Wildman–Crippen LogP) is 1.56. The fraction of sp³-hybridized carbons (Fsp3) is 0.562. The molecule has 0 N–H and O–H groups in total. The van der Waals surface area contributed by atoms with Gasteiger partial charge >= 0.3 is 0 Å². The topological polar surface area (TPSA) is 57.7 Å². The Morgan fingerprint density at radius 1 is 1.27 bits per heavy atom. The van der Waals surface area contributed by atoms with Gasteiger partial charge in [0.25, 0.3) is 0 Å². The van der Waals surface area contributed by atoms with Gasteiger partial charge in [0.1, 0.15) is 0 Å². The van der Waals surface area contributed by atoms with Gasteiger partial charge in [-0.25, -0.2) is 8.42 Å². The fourth-order valence-electron chi connectivity index (χ4n) is 3.31. The van der Waals surface area contributed by atoms with Crippen molar-refractivity contribution < 1.29 is 13.2 Å². The SMILES string of the molecule is CCCCS(=O)(=O)N1CC(=O)N2CCc3ccccc3[C@@H]2C1. The second-order valence-corrected chi connectivity index (χ2v) is 8.10. The first kappa shape index (κ1) is 15.5. The maximum Gasteiger partial charge on any atom is 0.238 e. The second-order valence-electron chi connectivity index (χ2n) is 6.01. The molecular formula is C16H22N2O3S. The van der Waals surface area contributed by atoms with Crippen molar-refractivity contribution >= 4 is 15.9 Å². The number of sulfonamides is 1. The van der Waals surface area contributed by atoms with Crippen LogP contribution in [0.4, 0.5) is 0 Å². The van der Waals surface area contributed by atoms with Gasteiger partial charge in [-0.15, -0.1) is 0 Å². The van der Waals surface area contributed by atoms with Crippen LogP contribution in [0, 0.1) is 0 Å². The Labute approximate surface area is 132 Å². The van der Waals surface area contributed by atoms with E-state index in [-0.39, 0.29) is 24.2 Å². The van der Waals surface area contributed by atoms with Gasteiger partial charge in [-0.3, -0.25) is 4.79 Å². The molecule has 3 rings (SSSR count). The molecule has 1 fully saturated rings. The molecule has 0 radical (unpaired) electrons. The molecule has 22 heavy (non-hydrogen) atoms. The van der Waals surface area contributed by atoms with E-state index in [0.717, 1.165) is 18.4 Å². The van der Waals surface area contributed by atoms with Gasteiger partial charge in [-0.05, 0) is 24.0 Å². The third-order valence-corrected chi connectivity index (χ3v) is 6.44. The Morgan fingerprint density at radius 3 is 2.82 bits per heavy atom. The van der Waals surface area contributed by atoms with E-state index in [2.05, 4.69) is 6.07 Å². The van der Waals surface area contributed by atoms with E-state index >= 15 is 0 Å². The van der Waals surface area contributed by atoms with Gasteiger partial charge in [0.2, 0.25) is 15.9 Å². The highest BCUT2D eigenvalue weighted by Gasteiger charge is 2.40. The van der Waals surface area contributed by atoms with Gasteiger partial charge < -0.3 is 4.90 Å². The van der Waals surface area contributed by atoms with E-state index in [0.29, 0.717) is 19.5 Å². The summed E-state index contributed by atoms with van der Waals surface area (Å²) in [5, 5.41) is 0. The molecule has 2 aliphatic rings. The van der Waals surface area contributed by atoms with Gasteiger partial charge in [0.15, 0.2) is 0 Å². The van der Waals surface area contributed by atoms with Crippen molar-refractivity contribution in [2.45, 2.75) is 32.2 Å². The standard InChI is InChI=1S/C16H22N2O3S/c1-2-3-10-22(20,21)17-11-15-14-7-5-4-6-13(14)8-9-18(15)16(19)12-17/h4-7,15H,2-3,8-12H2,1H3/t15-/m0/s1. The number of nitrogens with zero attached hydrogens (tertiary/aromatic N) is 2. The summed E-state index contributed by atoms with van der Waals surface area (Å²) < 4.78 is 26.2. The van der Waals surface area contributed by atoms with Gasteiger partial charge in [0, 0.05) is 13.1 Å². The lowest BCUT2D eigenvalue weighted by Gasteiger charge is -2.44. The Bertz CT molecular complexity index is 672. The summed E-state index contributed by atoms with van der Waals surface area (Å²) >= 11 is 0. The minimum absolute atomic E-state index is 0.00921.